The number of likely N-dealkylation sites (tertiary alicyclic amines) is 1. The van der Waals surface area contributed by atoms with Gasteiger partial charge in [-0.1, -0.05) is 17.7 Å². The molecule has 1 fully saturated rings. The second-order valence-corrected chi connectivity index (χ2v) is 8.70. The Morgan fingerprint density at radius 2 is 1.91 bits per heavy atom. The lowest BCUT2D eigenvalue weighted by atomic mass is 9.92. The third kappa shape index (κ3) is 5.75. The van der Waals surface area contributed by atoms with Crippen LogP contribution in [0.25, 0.3) is 0 Å². The van der Waals surface area contributed by atoms with Crippen molar-refractivity contribution in [3.63, 3.8) is 0 Å². The van der Waals surface area contributed by atoms with Crippen molar-refractivity contribution in [2.45, 2.75) is 45.8 Å². The Morgan fingerprint density at radius 1 is 1.22 bits per heavy atom. The van der Waals surface area contributed by atoms with Gasteiger partial charge in [0.1, 0.15) is 17.3 Å². The molecule has 1 aromatic heterocycles. The van der Waals surface area contributed by atoms with Gasteiger partial charge in [0.25, 0.3) is 5.91 Å². The highest BCUT2D eigenvalue weighted by atomic mass is 35.5. The molecule has 32 heavy (non-hydrogen) atoms. The van der Waals surface area contributed by atoms with Crippen molar-refractivity contribution < 1.29 is 13.6 Å². The topological polar surface area (TPSA) is 48.5 Å². The summed E-state index contributed by atoms with van der Waals surface area (Å²) in [5.74, 6) is 0.148. The molecule has 8 heteroatoms. The summed E-state index contributed by atoms with van der Waals surface area (Å²) in [4.78, 5) is 21.2. The molecule has 1 aliphatic rings. The van der Waals surface area contributed by atoms with E-state index in [9.17, 15) is 9.18 Å². The number of nitrogens with one attached hydrogen (secondary N) is 1. The lowest BCUT2D eigenvalue weighted by Gasteiger charge is -2.36. The number of rotatable bonds is 8. The lowest BCUT2D eigenvalue weighted by Crippen LogP contribution is -2.48. The highest BCUT2D eigenvalue weighted by Crippen LogP contribution is 2.28. The van der Waals surface area contributed by atoms with E-state index in [0.717, 1.165) is 30.2 Å². The SMILES string of the molecule is CCN(CC)c1nc(CNCC2(F)CCN(C(=O)c3ccc(F)c(Cl)c3)CC2)ccc1C. The van der Waals surface area contributed by atoms with Gasteiger partial charge < -0.3 is 15.1 Å². The number of benzene rings is 1. The van der Waals surface area contributed by atoms with E-state index in [-0.39, 0.29) is 30.3 Å². The van der Waals surface area contributed by atoms with Crippen LogP contribution in [0.4, 0.5) is 14.6 Å². The van der Waals surface area contributed by atoms with Gasteiger partial charge in [-0.15, -0.1) is 0 Å². The number of amides is 1. The van der Waals surface area contributed by atoms with Gasteiger partial charge in [0, 0.05) is 57.7 Å². The fourth-order valence-electron chi connectivity index (χ4n) is 4.01. The maximum Gasteiger partial charge on any atom is 0.253 e. The summed E-state index contributed by atoms with van der Waals surface area (Å²) in [6, 6.07) is 7.92. The van der Waals surface area contributed by atoms with Crippen molar-refractivity contribution >= 4 is 23.3 Å². The Morgan fingerprint density at radius 3 is 2.53 bits per heavy atom. The molecule has 0 spiro atoms. The van der Waals surface area contributed by atoms with Gasteiger partial charge in [-0.25, -0.2) is 13.8 Å². The number of alkyl halides is 1. The van der Waals surface area contributed by atoms with Crippen LogP contribution in [0.15, 0.2) is 30.3 Å². The molecular formula is C24H31ClF2N4O. The van der Waals surface area contributed by atoms with Crippen LogP contribution in [0.2, 0.25) is 5.02 Å². The minimum atomic E-state index is -1.39. The quantitative estimate of drug-likeness (QED) is 0.611. The highest BCUT2D eigenvalue weighted by Gasteiger charge is 2.36. The zero-order chi connectivity index (χ0) is 23.3. The van der Waals surface area contributed by atoms with Crippen molar-refractivity contribution in [1.29, 1.82) is 0 Å². The summed E-state index contributed by atoms with van der Waals surface area (Å²) in [6.07, 6.45) is 0.485. The molecule has 174 valence electrons. The zero-order valence-electron chi connectivity index (χ0n) is 18.9. The van der Waals surface area contributed by atoms with Crippen LogP contribution >= 0.6 is 11.6 Å². The van der Waals surface area contributed by atoms with Gasteiger partial charge in [-0.05, 0) is 50.6 Å². The molecule has 0 radical (unpaired) electrons. The summed E-state index contributed by atoms with van der Waals surface area (Å²) < 4.78 is 28.7. The zero-order valence-corrected chi connectivity index (χ0v) is 19.7. The Hall–Kier alpha value is -2.25. The summed E-state index contributed by atoms with van der Waals surface area (Å²) in [7, 11) is 0. The number of carbonyl (C=O) groups is 1. The van der Waals surface area contributed by atoms with Crippen molar-refractivity contribution in [1.82, 2.24) is 15.2 Å². The number of nitrogens with zero attached hydrogens (tertiary/aromatic N) is 3. The standard InChI is InChI=1S/C24H31ClF2N4O/c1-4-30(5-2)22-17(3)6-8-19(29-22)15-28-16-24(27)10-12-31(13-11-24)23(32)18-7-9-21(26)20(25)14-18/h6-9,14,28H,4-5,10-13,15-16H2,1-3H3. The molecule has 3 rings (SSSR count). The third-order valence-electron chi connectivity index (χ3n) is 6.05. The number of anilines is 1. The molecule has 1 aliphatic heterocycles. The first kappa shape index (κ1) is 24.4. The van der Waals surface area contributed by atoms with E-state index in [1.165, 1.54) is 18.2 Å². The van der Waals surface area contributed by atoms with Gasteiger partial charge in [0.15, 0.2) is 0 Å². The second-order valence-electron chi connectivity index (χ2n) is 8.29. The first-order valence-electron chi connectivity index (χ1n) is 11.1. The van der Waals surface area contributed by atoms with Crippen LogP contribution in [-0.4, -0.2) is 54.2 Å². The fraction of sp³-hybridized carbons (Fsp3) is 0.500. The van der Waals surface area contributed by atoms with Gasteiger partial charge in [0.2, 0.25) is 0 Å². The summed E-state index contributed by atoms with van der Waals surface area (Å²) in [6.45, 7) is 9.31. The van der Waals surface area contributed by atoms with Crippen molar-refractivity contribution in [3.8, 4) is 0 Å². The number of aromatic nitrogens is 1. The van der Waals surface area contributed by atoms with E-state index in [4.69, 9.17) is 16.6 Å². The Bertz CT molecular complexity index is 944. The van der Waals surface area contributed by atoms with E-state index in [1.807, 2.05) is 13.0 Å². The molecule has 0 saturated carbocycles. The summed E-state index contributed by atoms with van der Waals surface area (Å²) >= 11 is 5.78. The first-order valence-corrected chi connectivity index (χ1v) is 11.5. The van der Waals surface area contributed by atoms with Gasteiger partial charge >= 0.3 is 0 Å². The number of hydrogen-bond donors (Lipinski definition) is 1. The predicted octanol–water partition coefficient (Wildman–Crippen LogP) is 4.76. The van der Waals surface area contributed by atoms with E-state index >= 15 is 4.39 Å². The molecule has 0 atom stereocenters. The number of hydrogen-bond acceptors (Lipinski definition) is 4. The Labute approximate surface area is 193 Å². The number of pyridine rings is 1. The fourth-order valence-corrected chi connectivity index (χ4v) is 4.19. The molecule has 5 nitrogen and oxygen atoms in total. The highest BCUT2D eigenvalue weighted by molar-refractivity contribution is 6.31. The monoisotopic (exact) mass is 464 g/mol. The van der Waals surface area contributed by atoms with Crippen LogP contribution < -0.4 is 10.2 Å². The lowest BCUT2D eigenvalue weighted by molar-refractivity contribution is 0.0434. The number of piperidine rings is 1. The Balaban J connectivity index is 1.52. The smallest absolute Gasteiger partial charge is 0.253 e. The third-order valence-corrected chi connectivity index (χ3v) is 6.34. The average Bonchev–Trinajstić information content (AvgIpc) is 2.78. The molecular weight excluding hydrogens is 434 g/mol. The van der Waals surface area contributed by atoms with Crippen molar-refractivity contribution in [2.75, 3.05) is 37.6 Å². The Kier molecular flexibility index (Phi) is 8.06. The number of carbonyl (C=O) groups excluding carboxylic acids is 1. The maximum absolute atomic E-state index is 15.3. The van der Waals surface area contributed by atoms with Gasteiger partial charge in [0.05, 0.1) is 10.7 Å². The second kappa shape index (κ2) is 10.6. The molecule has 1 amide bonds. The van der Waals surface area contributed by atoms with Crippen LogP contribution in [0.3, 0.4) is 0 Å². The van der Waals surface area contributed by atoms with E-state index in [1.54, 1.807) is 4.90 Å². The minimum Gasteiger partial charge on any atom is -0.357 e. The summed E-state index contributed by atoms with van der Waals surface area (Å²) in [5.41, 5.74) is 0.931. The van der Waals surface area contributed by atoms with E-state index in [0.29, 0.717) is 25.2 Å². The molecule has 0 aliphatic carbocycles. The first-order chi connectivity index (χ1) is 15.3. The summed E-state index contributed by atoms with van der Waals surface area (Å²) in [5, 5.41) is 3.11. The molecule has 2 heterocycles. The maximum atomic E-state index is 15.3. The normalized spacial score (nSPS) is 15.6. The van der Waals surface area contributed by atoms with Crippen LogP contribution in [0.5, 0.6) is 0 Å². The molecule has 1 saturated heterocycles. The van der Waals surface area contributed by atoms with E-state index < -0.39 is 11.5 Å². The molecule has 0 unspecified atom stereocenters. The largest absolute Gasteiger partial charge is 0.357 e. The number of halogens is 3. The van der Waals surface area contributed by atoms with Crippen LogP contribution in [-0.2, 0) is 6.54 Å². The molecule has 0 bridgehead atoms. The van der Waals surface area contributed by atoms with Crippen LogP contribution in [0.1, 0.15) is 48.3 Å². The predicted molar refractivity (Wildman–Crippen MR) is 125 cm³/mol. The molecule has 1 N–H and O–H groups in total. The number of aryl methyl sites for hydroxylation is 1. The van der Waals surface area contributed by atoms with Crippen molar-refractivity contribution in [2.24, 2.45) is 0 Å². The van der Waals surface area contributed by atoms with Gasteiger partial charge in [-0.3, -0.25) is 4.79 Å². The molecule has 1 aromatic carbocycles. The van der Waals surface area contributed by atoms with Gasteiger partial charge in [-0.2, -0.15) is 0 Å². The molecule has 2 aromatic rings. The van der Waals surface area contributed by atoms with Crippen LogP contribution in [0, 0.1) is 12.7 Å². The minimum absolute atomic E-state index is 0.0919. The van der Waals surface area contributed by atoms with E-state index in [2.05, 4.69) is 30.1 Å². The van der Waals surface area contributed by atoms with Crippen molar-refractivity contribution in [3.05, 3.63) is 58.0 Å². The average molecular weight is 465 g/mol.